The Labute approximate surface area is 112 Å². The van der Waals surface area contributed by atoms with Crippen molar-refractivity contribution in [1.82, 2.24) is 5.32 Å². The SMILES string of the molecule is CC(CCBr)NC(=O)c1ccc(C(C)C)cc1. The van der Waals surface area contributed by atoms with Crippen molar-refractivity contribution in [3.05, 3.63) is 35.4 Å². The minimum Gasteiger partial charge on any atom is -0.350 e. The molecule has 0 bridgehead atoms. The molecule has 17 heavy (non-hydrogen) atoms. The molecule has 1 aromatic carbocycles. The minimum atomic E-state index is 0.00811. The van der Waals surface area contributed by atoms with Crippen molar-refractivity contribution >= 4 is 21.8 Å². The van der Waals surface area contributed by atoms with Crippen LogP contribution in [0, 0.1) is 0 Å². The number of carbonyl (C=O) groups excluding carboxylic acids is 1. The number of halogens is 1. The standard InChI is InChI=1S/C14H20BrNO/c1-10(2)12-4-6-13(7-5-12)14(17)16-11(3)8-9-15/h4-7,10-11H,8-9H2,1-3H3,(H,16,17). The highest BCUT2D eigenvalue weighted by molar-refractivity contribution is 9.09. The summed E-state index contributed by atoms with van der Waals surface area (Å²) in [6, 6.07) is 8.03. The molecular formula is C14H20BrNO. The van der Waals surface area contributed by atoms with Gasteiger partial charge in [0.05, 0.1) is 0 Å². The highest BCUT2D eigenvalue weighted by Crippen LogP contribution is 2.14. The van der Waals surface area contributed by atoms with Crippen molar-refractivity contribution in [3.63, 3.8) is 0 Å². The van der Waals surface area contributed by atoms with Gasteiger partial charge in [0.15, 0.2) is 0 Å². The molecule has 3 heteroatoms. The molecule has 94 valence electrons. The number of hydrogen-bond acceptors (Lipinski definition) is 1. The average molecular weight is 298 g/mol. The van der Waals surface area contributed by atoms with Gasteiger partial charge in [0, 0.05) is 16.9 Å². The first-order chi connectivity index (χ1) is 8.04. The van der Waals surface area contributed by atoms with Gasteiger partial charge in [0.2, 0.25) is 0 Å². The molecule has 1 rings (SSSR count). The van der Waals surface area contributed by atoms with E-state index < -0.39 is 0 Å². The van der Waals surface area contributed by atoms with E-state index in [0.717, 1.165) is 17.3 Å². The van der Waals surface area contributed by atoms with Gasteiger partial charge in [0.1, 0.15) is 0 Å². The maximum atomic E-state index is 11.9. The zero-order valence-electron chi connectivity index (χ0n) is 10.7. The Bertz CT molecular complexity index is 359. The van der Waals surface area contributed by atoms with Gasteiger partial charge in [-0.15, -0.1) is 0 Å². The Hall–Kier alpha value is -0.830. The number of rotatable bonds is 5. The van der Waals surface area contributed by atoms with Crippen LogP contribution in [0.3, 0.4) is 0 Å². The van der Waals surface area contributed by atoms with Gasteiger partial charge in [0.25, 0.3) is 5.91 Å². The Morgan fingerprint density at radius 2 is 1.82 bits per heavy atom. The first-order valence-electron chi connectivity index (χ1n) is 6.01. The molecule has 0 saturated carbocycles. The fourth-order valence-electron chi connectivity index (χ4n) is 1.56. The summed E-state index contributed by atoms with van der Waals surface area (Å²) in [5.74, 6) is 0.508. The lowest BCUT2D eigenvalue weighted by molar-refractivity contribution is 0.0939. The second-order valence-corrected chi connectivity index (χ2v) is 5.42. The van der Waals surface area contributed by atoms with E-state index in [0.29, 0.717) is 5.92 Å². The van der Waals surface area contributed by atoms with Crippen molar-refractivity contribution < 1.29 is 4.79 Å². The number of nitrogens with one attached hydrogen (secondary N) is 1. The van der Waals surface area contributed by atoms with E-state index in [1.54, 1.807) is 0 Å². The van der Waals surface area contributed by atoms with Crippen molar-refractivity contribution in [2.75, 3.05) is 5.33 Å². The molecule has 0 aliphatic carbocycles. The van der Waals surface area contributed by atoms with Crippen LogP contribution in [0.5, 0.6) is 0 Å². The molecule has 0 aliphatic heterocycles. The molecule has 0 heterocycles. The van der Waals surface area contributed by atoms with Gasteiger partial charge in [-0.25, -0.2) is 0 Å². The molecule has 0 spiro atoms. The lowest BCUT2D eigenvalue weighted by atomic mass is 10.0. The smallest absolute Gasteiger partial charge is 0.251 e. The van der Waals surface area contributed by atoms with Gasteiger partial charge in [-0.2, -0.15) is 0 Å². The molecule has 2 nitrogen and oxygen atoms in total. The molecule has 0 fully saturated rings. The van der Waals surface area contributed by atoms with E-state index in [-0.39, 0.29) is 11.9 Å². The van der Waals surface area contributed by atoms with Gasteiger partial charge in [-0.05, 0) is 37.0 Å². The molecule has 1 N–H and O–H groups in total. The summed E-state index contributed by atoms with van der Waals surface area (Å²) < 4.78 is 0. The minimum absolute atomic E-state index is 0.00811. The predicted octanol–water partition coefficient (Wildman–Crippen LogP) is 3.71. The molecule has 0 saturated heterocycles. The fourth-order valence-corrected chi connectivity index (χ4v) is 2.25. The van der Waals surface area contributed by atoms with Gasteiger partial charge >= 0.3 is 0 Å². The third kappa shape index (κ3) is 4.50. The van der Waals surface area contributed by atoms with E-state index in [4.69, 9.17) is 0 Å². The third-order valence-corrected chi connectivity index (χ3v) is 3.22. The van der Waals surface area contributed by atoms with Crippen molar-refractivity contribution in [3.8, 4) is 0 Å². The molecule has 0 aromatic heterocycles. The predicted molar refractivity (Wildman–Crippen MR) is 75.9 cm³/mol. The molecular weight excluding hydrogens is 278 g/mol. The third-order valence-electron chi connectivity index (χ3n) is 2.76. The molecule has 1 unspecified atom stereocenters. The number of benzene rings is 1. The maximum absolute atomic E-state index is 11.9. The van der Waals surface area contributed by atoms with Crippen molar-refractivity contribution in [2.24, 2.45) is 0 Å². The quantitative estimate of drug-likeness (QED) is 0.825. The van der Waals surface area contributed by atoms with Crippen molar-refractivity contribution in [1.29, 1.82) is 0 Å². The molecule has 1 amide bonds. The molecule has 1 aromatic rings. The van der Waals surface area contributed by atoms with E-state index in [2.05, 4.69) is 35.1 Å². The Balaban J connectivity index is 2.63. The maximum Gasteiger partial charge on any atom is 0.251 e. The average Bonchev–Trinajstić information content (AvgIpc) is 2.29. The number of alkyl halides is 1. The lowest BCUT2D eigenvalue weighted by Crippen LogP contribution is -2.32. The van der Waals surface area contributed by atoms with Crippen LogP contribution in [0.1, 0.15) is 49.0 Å². The number of hydrogen-bond donors (Lipinski definition) is 1. The Kier molecular flexibility index (Phi) is 5.69. The van der Waals surface area contributed by atoms with Crippen LogP contribution in [0.4, 0.5) is 0 Å². The van der Waals surface area contributed by atoms with Crippen LogP contribution in [0.2, 0.25) is 0 Å². The molecule has 0 radical (unpaired) electrons. The van der Waals surface area contributed by atoms with E-state index in [1.165, 1.54) is 5.56 Å². The normalized spacial score (nSPS) is 12.5. The van der Waals surface area contributed by atoms with Crippen LogP contribution < -0.4 is 5.32 Å². The van der Waals surface area contributed by atoms with Crippen LogP contribution in [-0.4, -0.2) is 17.3 Å². The van der Waals surface area contributed by atoms with Gasteiger partial charge in [-0.1, -0.05) is 41.9 Å². The zero-order chi connectivity index (χ0) is 12.8. The highest BCUT2D eigenvalue weighted by Gasteiger charge is 2.09. The van der Waals surface area contributed by atoms with Crippen LogP contribution in [0.15, 0.2) is 24.3 Å². The second kappa shape index (κ2) is 6.80. The van der Waals surface area contributed by atoms with E-state index >= 15 is 0 Å². The van der Waals surface area contributed by atoms with E-state index in [9.17, 15) is 4.79 Å². The Morgan fingerprint density at radius 1 is 1.24 bits per heavy atom. The largest absolute Gasteiger partial charge is 0.350 e. The summed E-state index contributed by atoms with van der Waals surface area (Å²) in [7, 11) is 0. The first kappa shape index (κ1) is 14.2. The summed E-state index contributed by atoms with van der Waals surface area (Å²) in [5, 5.41) is 3.88. The topological polar surface area (TPSA) is 29.1 Å². The highest BCUT2D eigenvalue weighted by atomic mass is 79.9. The molecule has 1 atom stereocenters. The first-order valence-corrected chi connectivity index (χ1v) is 7.13. The van der Waals surface area contributed by atoms with Gasteiger partial charge < -0.3 is 5.32 Å². The monoisotopic (exact) mass is 297 g/mol. The second-order valence-electron chi connectivity index (χ2n) is 4.63. The summed E-state index contributed by atoms with van der Waals surface area (Å²) in [6.45, 7) is 6.31. The fraction of sp³-hybridized carbons (Fsp3) is 0.500. The van der Waals surface area contributed by atoms with E-state index in [1.807, 2.05) is 31.2 Å². The zero-order valence-corrected chi connectivity index (χ0v) is 12.3. The summed E-state index contributed by atoms with van der Waals surface area (Å²) >= 11 is 3.37. The molecule has 0 aliphatic rings. The van der Waals surface area contributed by atoms with Crippen LogP contribution in [0.25, 0.3) is 0 Å². The Morgan fingerprint density at radius 3 is 2.29 bits per heavy atom. The van der Waals surface area contributed by atoms with Crippen molar-refractivity contribution in [2.45, 2.75) is 39.2 Å². The number of carbonyl (C=O) groups is 1. The summed E-state index contributed by atoms with van der Waals surface area (Å²) in [6.07, 6.45) is 0.940. The van der Waals surface area contributed by atoms with Crippen LogP contribution in [-0.2, 0) is 0 Å². The van der Waals surface area contributed by atoms with Gasteiger partial charge in [-0.3, -0.25) is 4.79 Å². The summed E-state index contributed by atoms with van der Waals surface area (Å²) in [4.78, 5) is 11.9. The summed E-state index contributed by atoms with van der Waals surface area (Å²) in [5.41, 5.74) is 1.99. The lowest BCUT2D eigenvalue weighted by Gasteiger charge is -2.13. The van der Waals surface area contributed by atoms with Crippen LogP contribution >= 0.6 is 15.9 Å². The number of amides is 1.